The molecule has 208 valence electrons. The molecule has 39 heavy (non-hydrogen) atoms. The summed E-state index contributed by atoms with van der Waals surface area (Å²) in [6.07, 6.45) is 3.22. The molecule has 0 fully saturated rings. The van der Waals surface area contributed by atoms with E-state index in [9.17, 15) is 18.0 Å². The largest absolute Gasteiger partial charge is 0.354 e. The Morgan fingerprint density at radius 3 is 2.18 bits per heavy atom. The van der Waals surface area contributed by atoms with Crippen molar-refractivity contribution in [2.24, 2.45) is 0 Å². The Hall–Kier alpha value is -3.30. The van der Waals surface area contributed by atoms with Gasteiger partial charge in [-0.1, -0.05) is 55.0 Å². The number of carbonyl (C=O) groups is 2. The van der Waals surface area contributed by atoms with Crippen molar-refractivity contribution in [1.82, 2.24) is 10.2 Å². The van der Waals surface area contributed by atoms with Gasteiger partial charge < -0.3 is 10.2 Å². The molecule has 0 bridgehead atoms. The van der Waals surface area contributed by atoms with Crippen LogP contribution < -0.4 is 9.62 Å². The summed E-state index contributed by atoms with van der Waals surface area (Å²) in [6.45, 7) is 5.89. The summed E-state index contributed by atoms with van der Waals surface area (Å²) in [4.78, 5) is 29.3. The molecular weight excluding hydrogens is 530 g/mol. The Morgan fingerprint density at radius 2 is 1.59 bits per heavy atom. The minimum Gasteiger partial charge on any atom is -0.354 e. The first-order valence-corrected chi connectivity index (χ1v) is 15.7. The highest BCUT2D eigenvalue weighted by atomic mass is 32.2. The normalized spacial score (nSPS) is 12.0. The number of hydrogen-bond donors (Lipinski definition) is 1. The first-order chi connectivity index (χ1) is 18.7. The molecule has 7 nitrogen and oxygen atoms in total. The standard InChI is InChI=1S/C30H37N3O4S2/c1-5-20-31-30(35)24(3)32(21-19-25-9-7-6-8-10-25)29(34)22-33(26-13-11-23(2)12-14-26)39(36,37)28-17-15-27(38-4)16-18-28/h6-18,24H,5,19-22H2,1-4H3,(H,31,35). The summed E-state index contributed by atoms with van der Waals surface area (Å²) in [6, 6.07) is 22.6. The molecule has 3 aromatic rings. The van der Waals surface area contributed by atoms with Gasteiger partial charge in [0.05, 0.1) is 10.6 Å². The number of carbonyl (C=O) groups excluding carboxylic acids is 2. The maximum absolute atomic E-state index is 13.9. The smallest absolute Gasteiger partial charge is 0.264 e. The van der Waals surface area contributed by atoms with Gasteiger partial charge in [0.15, 0.2) is 0 Å². The number of benzene rings is 3. The zero-order chi connectivity index (χ0) is 28.4. The molecule has 2 amide bonds. The number of hydrogen-bond acceptors (Lipinski definition) is 5. The van der Waals surface area contributed by atoms with Gasteiger partial charge in [-0.2, -0.15) is 0 Å². The highest BCUT2D eigenvalue weighted by molar-refractivity contribution is 7.98. The molecule has 3 rings (SSSR count). The van der Waals surface area contributed by atoms with Gasteiger partial charge in [0.25, 0.3) is 10.0 Å². The lowest BCUT2D eigenvalue weighted by molar-refractivity contribution is -0.138. The van der Waals surface area contributed by atoms with Crippen LogP contribution in [-0.2, 0) is 26.0 Å². The molecule has 0 aliphatic heterocycles. The second-order valence-electron chi connectivity index (χ2n) is 9.31. The molecule has 1 atom stereocenters. The number of rotatable bonds is 13. The van der Waals surface area contributed by atoms with E-state index in [4.69, 9.17) is 0 Å². The molecule has 0 radical (unpaired) electrons. The molecular formula is C30H37N3O4S2. The van der Waals surface area contributed by atoms with Crippen molar-refractivity contribution < 1.29 is 18.0 Å². The molecule has 0 aromatic heterocycles. The molecule has 9 heteroatoms. The summed E-state index contributed by atoms with van der Waals surface area (Å²) >= 11 is 1.52. The van der Waals surface area contributed by atoms with Gasteiger partial charge in [-0.25, -0.2) is 8.42 Å². The van der Waals surface area contributed by atoms with Crippen LogP contribution in [0.5, 0.6) is 0 Å². The lowest BCUT2D eigenvalue weighted by Gasteiger charge is -2.32. The lowest BCUT2D eigenvalue weighted by atomic mass is 10.1. The number of thioether (sulfide) groups is 1. The molecule has 0 saturated carbocycles. The van der Waals surface area contributed by atoms with Gasteiger partial charge in [0, 0.05) is 18.0 Å². The highest BCUT2D eigenvalue weighted by Gasteiger charge is 2.32. The zero-order valence-electron chi connectivity index (χ0n) is 23.0. The molecule has 0 heterocycles. The van der Waals surface area contributed by atoms with E-state index in [2.05, 4.69) is 5.32 Å². The SMILES string of the molecule is CCCNC(=O)C(C)N(CCc1ccccc1)C(=O)CN(c1ccc(C)cc1)S(=O)(=O)c1ccc(SC)cc1. The Labute approximate surface area is 236 Å². The monoisotopic (exact) mass is 567 g/mol. The van der Waals surface area contributed by atoms with Crippen LogP contribution in [0.25, 0.3) is 0 Å². The van der Waals surface area contributed by atoms with E-state index in [1.165, 1.54) is 16.7 Å². The van der Waals surface area contributed by atoms with Gasteiger partial charge in [-0.15, -0.1) is 11.8 Å². The third-order valence-corrected chi connectivity index (χ3v) is 8.98. The molecule has 3 aromatic carbocycles. The van der Waals surface area contributed by atoms with Crippen LogP contribution in [0.1, 0.15) is 31.4 Å². The summed E-state index contributed by atoms with van der Waals surface area (Å²) < 4.78 is 28.9. The average molecular weight is 568 g/mol. The van der Waals surface area contributed by atoms with E-state index in [1.807, 2.05) is 62.6 Å². The second kappa shape index (κ2) is 14.2. The van der Waals surface area contributed by atoms with Crippen LogP contribution in [-0.4, -0.2) is 57.1 Å². The van der Waals surface area contributed by atoms with Crippen molar-refractivity contribution in [3.05, 3.63) is 90.0 Å². The van der Waals surface area contributed by atoms with E-state index in [0.717, 1.165) is 26.7 Å². The maximum Gasteiger partial charge on any atom is 0.264 e. The van der Waals surface area contributed by atoms with Crippen LogP contribution >= 0.6 is 11.8 Å². The van der Waals surface area contributed by atoms with E-state index in [1.54, 1.807) is 43.3 Å². The van der Waals surface area contributed by atoms with Crippen molar-refractivity contribution in [3.8, 4) is 0 Å². The second-order valence-corrected chi connectivity index (χ2v) is 12.1. The molecule has 1 unspecified atom stereocenters. The Kier molecular flexibility index (Phi) is 11.0. The quantitative estimate of drug-likeness (QED) is 0.297. The maximum atomic E-state index is 13.9. The molecule has 0 spiro atoms. The van der Waals surface area contributed by atoms with Crippen molar-refractivity contribution in [3.63, 3.8) is 0 Å². The van der Waals surface area contributed by atoms with Crippen molar-refractivity contribution >= 4 is 39.3 Å². The number of amides is 2. The van der Waals surface area contributed by atoms with Crippen LogP contribution in [0, 0.1) is 6.92 Å². The number of anilines is 1. The predicted molar refractivity (Wildman–Crippen MR) is 159 cm³/mol. The number of nitrogens with zero attached hydrogens (tertiary/aromatic N) is 2. The average Bonchev–Trinajstić information content (AvgIpc) is 2.95. The molecule has 0 saturated heterocycles. The molecule has 1 N–H and O–H groups in total. The summed E-state index contributed by atoms with van der Waals surface area (Å²) in [5, 5.41) is 2.86. The van der Waals surface area contributed by atoms with Crippen LogP contribution in [0.15, 0.2) is 88.7 Å². The van der Waals surface area contributed by atoms with E-state index >= 15 is 0 Å². The predicted octanol–water partition coefficient (Wildman–Crippen LogP) is 4.90. The first kappa shape index (κ1) is 30.2. The Morgan fingerprint density at radius 1 is 0.949 bits per heavy atom. The summed E-state index contributed by atoms with van der Waals surface area (Å²) in [5.41, 5.74) is 2.37. The number of sulfonamides is 1. The Balaban J connectivity index is 1.96. The number of aryl methyl sites for hydroxylation is 1. The lowest BCUT2D eigenvalue weighted by Crippen LogP contribution is -2.52. The highest BCUT2D eigenvalue weighted by Crippen LogP contribution is 2.26. The zero-order valence-corrected chi connectivity index (χ0v) is 24.6. The van der Waals surface area contributed by atoms with Gasteiger partial charge >= 0.3 is 0 Å². The van der Waals surface area contributed by atoms with Gasteiger partial charge in [0.1, 0.15) is 12.6 Å². The van der Waals surface area contributed by atoms with E-state index in [0.29, 0.717) is 18.7 Å². The van der Waals surface area contributed by atoms with Gasteiger partial charge in [-0.3, -0.25) is 13.9 Å². The minimum atomic E-state index is -4.07. The summed E-state index contributed by atoms with van der Waals surface area (Å²) in [7, 11) is -4.07. The molecule has 0 aliphatic rings. The van der Waals surface area contributed by atoms with Crippen LogP contribution in [0.2, 0.25) is 0 Å². The fourth-order valence-corrected chi connectivity index (χ4v) is 5.90. The topological polar surface area (TPSA) is 86.8 Å². The number of nitrogens with one attached hydrogen (secondary N) is 1. The third kappa shape index (κ3) is 8.10. The van der Waals surface area contributed by atoms with Crippen molar-refractivity contribution in [2.75, 3.05) is 30.2 Å². The molecule has 0 aliphatic carbocycles. The first-order valence-electron chi connectivity index (χ1n) is 13.0. The Bertz CT molecular complexity index is 1330. The van der Waals surface area contributed by atoms with Crippen molar-refractivity contribution in [1.29, 1.82) is 0 Å². The fraction of sp³-hybridized carbons (Fsp3) is 0.333. The minimum absolute atomic E-state index is 0.0956. The van der Waals surface area contributed by atoms with Gasteiger partial charge in [-0.05, 0) is 74.9 Å². The van der Waals surface area contributed by atoms with E-state index in [-0.39, 0.29) is 17.3 Å². The van der Waals surface area contributed by atoms with Crippen LogP contribution in [0.3, 0.4) is 0 Å². The fourth-order valence-electron chi connectivity index (χ4n) is 4.08. The third-order valence-electron chi connectivity index (χ3n) is 6.45. The van der Waals surface area contributed by atoms with Gasteiger partial charge in [0.2, 0.25) is 11.8 Å². The van der Waals surface area contributed by atoms with E-state index < -0.39 is 28.5 Å². The summed E-state index contributed by atoms with van der Waals surface area (Å²) in [5.74, 6) is -0.717. The van der Waals surface area contributed by atoms with Crippen molar-refractivity contribution in [2.45, 2.75) is 49.4 Å². The van der Waals surface area contributed by atoms with Crippen LogP contribution in [0.4, 0.5) is 5.69 Å².